The van der Waals surface area contributed by atoms with Crippen LogP contribution in [-0.4, -0.2) is 47.8 Å². The molecule has 0 unspecified atom stereocenters. The topological polar surface area (TPSA) is 100 Å². The molecule has 8 heteroatoms. The monoisotopic (exact) mass is 398 g/mol. The second-order valence-electron chi connectivity index (χ2n) is 7.93. The third-order valence-corrected chi connectivity index (χ3v) is 5.93. The lowest BCUT2D eigenvalue weighted by Crippen LogP contribution is -2.27. The Labute approximate surface area is 172 Å². The van der Waals surface area contributed by atoms with E-state index in [-0.39, 0.29) is 0 Å². The van der Waals surface area contributed by atoms with Gasteiger partial charge in [0.1, 0.15) is 23.4 Å². The van der Waals surface area contributed by atoms with Crippen LogP contribution in [0.3, 0.4) is 0 Å². The summed E-state index contributed by atoms with van der Waals surface area (Å²) in [6.45, 7) is 4.07. The Bertz CT molecular complexity index is 1350. The molecular formula is C22H22N8. The Kier molecular flexibility index (Phi) is 3.92. The van der Waals surface area contributed by atoms with Crippen LogP contribution in [0.25, 0.3) is 39.1 Å². The zero-order chi connectivity index (χ0) is 20.1. The van der Waals surface area contributed by atoms with Crippen molar-refractivity contribution in [2.24, 2.45) is 0 Å². The highest BCUT2D eigenvalue weighted by atomic mass is 15.1. The van der Waals surface area contributed by atoms with Crippen molar-refractivity contribution in [2.45, 2.75) is 25.7 Å². The molecule has 6 heterocycles. The van der Waals surface area contributed by atoms with Crippen molar-refractivity contribution >= 4 is 21.9 Å². The molecule has 0 atom stereocenters. The lowest BCUT2D eigenvalue weighted by molar-refractivity contribution is 0.454. The lowest BCUT2D eigenvalue weighted by atomic mass is 9.94. The van der Waals surface area contributed by atoms with E-state index < -0.39 is 0 Å². The summed E-state index contributed by atoms with van der Waals surface area (Å²) >= 11 is 0. The van der Waals surface area contributed by atoms with E-state index in [2.05, 4.69) is 48.7 Å². The molecule has 0 amide bonds. The second-order valence-corrected chi connectivity index (χ2v) is 7.93. The van der Waals surface area contributed by atoms with E-state index in [1.54, 1.807) is 6.33 Å². The quantitative estimate of drug-likeness (QED) is 0.432. The summed E-state index contributed by atoms with van der Waals surface area (Å²) in [6, 6.07) is 8.31. The van der Waals surface area contributed by atoms with Crippen LogP contribution in [-0.2, 0) is 0 Å². The average molecular weight is 398 g/mol. The standard InChI is InChI=1S/C22H22N8/c1-13-11-30(12-25-13)22-15-10-19(26-17(15)6-9-24-22)21-20-18(28-29-21)3-2-16(27-20)14-4-7-23-8-5-14/h2-3,6,9-12,14,23,26H,4-5,7-8H2,1H3,(H,28,29). The van der Waals surface area contributed by atoms with Gasteiger partial charge in [0.05, 0.1) is 22.4 Å². The lowest BCUT2D eigenvalue weighted by Gasteiger charge is -2.22. The summed E-state index contributed by atoms with van der Waals surface area (Å²) in [4.78, 5) is 17.4. The Balaban J connectivity index is 1.47. The fourth-order valence-corrected chi connectivity index (χ4v) is 4.36. The molecule has 5 aromatic rings. The minimum absolute atomic E-state index is 0.501. The summed E-state index contributed by atoms with van der Waals surface area (Å²) in [6.07, 6.45) is 7.82. The first-order valence-electron chi connectivity index (χ1n) is 10.3. The summed E-state index contributed by atoms with van der Waals surface area (Å²) in [5, 5.41) is 12.2. The number of H-pyrrole nitrogens is 2. The van der Waals surface area contributed by atoms with Crippen molar-refractivity contribution < 1.29 is 0 Å². The Morgan fingerprint density at radius 3 is 2.80 bits per heavy atom. The summed E-state index contributed by atoms with van der Waals surface area (Å²) < 4.78 is 1.95. The number of fused-ring (bicyclic) bond motifs is 2. The third kappa shape index (κ3) is 2.80. The largest absolute Gasteiger partial charge is 0.353 e. The Morgan fingerprint density at radius 1 is 1.07 bits per heavy atom. The van der Waals surface area contributed by atoms with Gasteiger partial charge in [0.15, 0.2) is 0 Å². The van der Waals surface area contributed by atoms with Gasteiger partial charge in [0.2, 0.25) is 0 Å². The van der Waals surface area contributed by atoms with Gasteiger partial charge in [0.25, 0.3) is 0 Å². The van der Waals surface area contributed by atoms with Crippen molar-refractivity contribution in [3.8, 4) is 17.2 Å². The predicted octanol–water partition coefficient (Wildman–Crippen LogP) is 3.46. The van der Waals surface area contributed by atoms with Crippen molar-refractivity contribution in [3.05, 3.63) is 54.4 Å². The molecule has 150 valence electrons. The molecule has 1 saturated heterocycles. The second kappa shape index (κ2) is 6.77. The van der Waals surface area contributed by atoms with Crippen molar-refractivity contribution in [3.63, 3.8) is 0 Å². The maximum Gasteiger partial charge on any atom is 0.147 e. The minimum atomic E-state index is 0.501. The van der Waals surface area contributed by atoms with Crippen LogP contribution in [0.2, 0.25) is 0 Å². The van der Waals surface area contributed by atoms with Crippen LogP contribution in [0.5, 0.6) is 0 Å². The molecule has 0 bridgehead atoms. The SMILES string of the molecule is Cc1cn(-c2nccc3[nH]c(-c4n[nH]c5ccc(C6CCNCC6)nc45)cc23)cn1. The highest BCUT2D eigenvalue weighted by Crippen LogP contribution is 2.31. The predicted molar refractivity (Wildman–Crippen MR) is 116 cm³/mol. The highest BCUT2D eigenvalue weighted by Gasteiger charge is 2.20. The van der Waals surface area contributed by atoms with Gasteiger partial charge in [-0.1, -0.05) is 0 Å². The fourth-order valence-electron chi connectivity index (χ4n) is 4.36. The first-order valence-corrected chi connectivity index (χ1v) is 10.3. The molecule has 1 aliphatic heterocycles. The third-order valence-electron chi connectivity index (χ3n) is 5.93. The number of aromatic nitrogens is 7. The summed E-state index contributed by atoms with van der Waals surface area (Å²) in [5.74, 6) is 1.35. The molecule has 6 rings (SSSR count). The molecule has 3 N–H and O–H groups in total. The number of rotatable bonds is 3. The molecule has 1 aliphatic rings. The highest BCUT2D eigenvalue weighted by molar-refractivity contribution is 5.95. The zero-order valence-corrected chi connectivity index (χ0v) is 16.7. The Morgan fingerprint density at radius 2 is 1.97 bits per heavy atom. The van der Waals surface area contributed by atoms with Gasteiger partial charge >= 0.3 is 0 Å². The van der Waals surface area contributed by atoms with E-state index in [0.29, 0.717) is 5.92 Å². The molecule has 1 fully saturated rings. The molecule has 0 radical (unpaired) electrons. The summed E-state index contributed by atoms with van der Waals surface area (Å²) in [7, 11) is 0. The van der Waals surface area contributed by atoms with E-state index >= 15 is 0 Å². The van der Waals surface area contributed by atoms with Gasteiger partial charge in [-0.15, -0.1) is 0 Å². The minimum Gasteiger partial charge on any atom is -0.353 e. The van der Waals surface area contributed by atoms with Crippen molar-refractivity contribution in [1.82, 2.24) is 40.0 Å². The molecular weight excluding hydrogens is 376 g/mol. The molecule has 30 heavy (non-hydrogen) atoms. The molecule has 0 spiro atoms. The van der Waals surface area contributed by atoms with Gasteiger partial charge in [-0.05, 0) is 57.1 Å². The fraction of sp³-hybridized carbons (Fsp3) is 0.273. The van der Waals surface area contributed by atoms with Crippen LogP contribution in [0.15, 0.2) is 43.0 Å². The van der Waals surface area contributed by atoms with Crippen LogP contribution in [0, 0.1) is 6.92 Å². The maximum atomic E-state index is 5.02. The van der Waals surface area contributed by atoms with Gasteiger partial charge in [-0.2, -0.15) is 5.10 Å². The van der Waals surface area contributed by atoms with Crippen LogP contribution < -0.4 is 5.32 Å². The number of piperidine rings is 1. The maximum absolute atomic E-state index is 5.02. The van der Waals surface area contributed by atoms with E-state index in [1.165, 1.54) is 0 Å². The molecule has 5 aromatic heterocycles. The number of hydrogen-bond donors (Lipinski definition) is 3. The molecule has 0 aliphatic carbocycles. The van der Waals surface area contributed by atoms with Crippen LogP contribution >= 0.6 is 0 Å². The first kappa shape index (κ1) is 17.3. The van der Waals surface area contributed by atoms with Gasteiger partial charge in [0, 0.05) is 29.4 Å². The number of hydrogen-bond acceptors (Lipinski definition) is 5. The first-order chi connectivity index (χ1) is 14.8. The van der Waals surface area contributed by atoms with E-state index in [9.17, 15) is 0 Å². The average Bonchev–Trinajstić information content (AvgIpc) is 3.51. The number of imidazole rings is 1. The number of pyridine rings is 2. The number of nitrogens with one attached hydrogen (secondary N) is 3. The summed E-state index contributed by atoms with van der Waals surface area (Å²) in [5.41, 5.74) is 6.74. The normalized spacial score (nSPS) is 15.4. The smallest absolute Gasteiger partial charge is 0.147 e. The van der Waals surface area contributed by atoms with Gasteiger partial charge in [-0.3, -0.25) is 9.67 Å². The van der Waals surface area contributed by atoms with Crippen molar-refractivity contribution in [2.75, 3.05) is 13.1 Å². The van der Waals surface area contributed by atoms with Gasteiger partial charge in [-0.25, -0.2) is 15.0 Å². The number of aromatic amines is 2. The molecule has 0 saturated carbocycles. The van der Waals surface area contributed by atoms with E-state index in [1.807, 2.05) is 30.0 Å². The van der Waals surface area contributed by atoms with E-state index in [4.69, 9.17) is 4.98 Å². The molecule has 8 nitrogen and oxygen atoms in total. The van der Waals surface area contributed by atoms with Crippen molar-refractivity contribution in [1.29, 1.82) is 0 Å². The van der Waals surface area contributed by atoms with E-state index in [0.717, 1.165) is 76.5 Å². The Hall–Kier alpha value is -3.52. The zero-order valence-electron chi connectivity index (χ0n) is 16.7. The van der Waals surface area contributed by atoms with Gasteiger partial charge < -0.3 is 10.3 Å². The van der Waals surface area contributed by atoms with Crippen LogP contribution in [0.1, 0.15) is 30.1 Å². The van der Waals surface area contributed by atoms with Crippen LogP contribution in [0.4, 0.5) is 0 Å². The number of nitrogens with zero attached hydrogens (tertiary/aromatic N) is 5. The number of aryl methyl sites for hydroxylation is 1. The molecule has 0 aromatic carbocycles.